The molecule has 0 aliphatic carbocycles. The molecule has 0 bridgehead atoms. The average Bonchev–Trinajstić information content (AvgIpc) is 3.05. The zero-order valence-electron chi connectivity index (χ0n) is 12.7. The summed E-state index contributed by atoms with van der Waals surface area (Å²) in [6.45, 7) is 4.09. The number of thiophene rings is 1. The van der Waals surface area contributed by atoms with Gasteiger partial charge in [0, 0.05) is 12.1 Å². The lowest BCUT2D eigenvalue weighted by Gasteiger charge is -2.07. The van der Waals surface area contributed by atoms with Gasteiger partial charge in [0.05, 0.1) is 12.1 Å². The van der Waals surface area contributed by atoms with Crippen molar-refractivity contribution in [2.75, 3.05) is 6.54 Å². The molecule has 1 amide bonds. The van der Waals surface area contributed by atoms with Gasteiger partial charge in [0.2, 0.25) is 0 Å². The van der Waals surface area contributed by atoms with Crippen molar-refractivity contribution in [1.29, 1.82) is 0 Å². The smallest absolute Gasteiger partial charge is 0.329 e. The molecule has 0 atom stereocenters. The fourth-order valence-corrected chi connectivity index (χ4v) is 3.12. The number of hydrogen-bond acceptors (Lipinski definition) is 4. The molecule has 2 aromatic heterocycles. The summed E-state index contributed by atoms with van der Waals surface area (Å²) in [6.07, 6.45) is 1.60. The predicted octanol–water partition coefficient (Wildman–Crippen LogP) is 1.72. The highest BCUT2D eigenvalue weighted by molar-refractivity contribution is 7.17. The number of hydrogen-bond donors (Lipinski definition) is 2. The van der Waals surface area contributed by atoms with E-state index in [1.165, 1.54) is 11.3 Å². The molecule has 0 radical (unpaired) electrons. The number of benzene rings is 1. The Morgan fingerprint density at radius 1 is 1.25 bits per heavy atom. The first-order valence-electron chi connectivity index (χ1n) is 7.28. The van der Waals surface area contributed by atoms with E-state index in [-0.39, 0.29) is 18.0 Å². The lowest BCUT2D eigenvalue weighted by atomic mass is 10.1. The van der Waals surface area contributed by atoms with Crippen molar-refractivity contribution in [3.05, 3.63) is 80.3 Å². The Labute approximate surface area is 141 Å². The van der Waals surface area contributed by atoms with Crippen LogP contribution in [0, 0.1) is 0 Å². The van der Waals surface area contributed by atoms with E-state index in [1.54, 1.807) is 41.8 Å². The predicted molar refractivity (Wildman–Crippen MR) is 94.8 cm³/mol. The molecule has 0 aliphatic heterocycles. The highest BCUT2D eigenvalue weighted by Gasteiger charge is 2.10. The van der Waals surface area contributed by atoms with Gasteiger partial charge in [-0.05, 0) is 29.1 Å². The topological polar surface area (TPSA) is 84.0 Å². The number of H-pyrrole nitrogens is 1. The van der Waals surface area contributed by atoms with Crippen molar-refractivity contribution in [3.8, 4) is 0 Å². The number of fused-ring (bicyclic) bond motifs is 1. The SMILES string of the molecule is C=CCNC(=O)c1ccc(Cn2c(=O)[nH]c3ccsc3c2=O)cc1. The third-order valence-electron chi connectivity index (χ3n) is 3.56. The van der Waals surface area contributed by atoms with Crippen LogP contribution in [0.1, 0.15) is 15.9 Å². The normalized spacial score (nSPS) is 10.7. The minimum absolute atomic E-state index is 0.149. The Morgan fingerprint density at radius 2 is 2.00 bits per heavy atom. The number of amides is 1. The van der Waals surface area contributed by atoms with Crippen molar-refractivity contribution >= 4 is 27.5 Å². The molecule has 0 aliphatic rings. The summed E-state index contributed by atoms with van der Waals surface area (Å²) >= 11 is 1.30. The van der Waals surface area contributed by atoms with E-state index in [0.29, 0.717) is 22.3 Å². The molecule has 2 heterocycles. The summed E-state index contributed by atoms with van der Waals surface area (Å²) < 4.78 is 1.68. The van der Waals surface area contributed by atoms with Crippen LogP contribution in [0.15, 0.2) is 58.0 Å². The Balaban J connectivity index is 1.87. The van der Waals surface area contributed by atoms with Crippen LogP contribution >= 0.6 is 11.3 Å². The Kier molecular flexibility index (Phi) is 4.43. The first kappa shape index (κ1) is 15.9. The van der Waals surface area contributed by atoms with E-state index in [4.69, 9.17) is 0 Å². The fraction of sp³-hybridized carbons (Fsp3) is 0.118. The van der Waals surface area contributed by atoms with Gasteiger partial charge in [-0.25, -0.2) is 4.79 Å². The second-order valence-corrected chi connectivity index (χ2v) is 6.10. The molecule has 7 heteroatoms. The van der Waals surface area contributed by atoms with Crippen molar-refractivity contribution in [2.45, 2.75) is 6.54 Å². The second-order valence-electron chi connectivity index (χ2n) is 5.18. The molecule has 0 fully saturated rings. The summed E-state index contributed by atoms with van der Waals surface area (Å²) in [5, 5.41) is 4.45. The van der Waals surface area contributed by atoms with Gasteiger partial charge < -0.3 is 10.3 Å². The molecule has 24 heavy (non-hydrogen) atoms. The Bertz CT molecular complexity index is 1010. The molecule has 2 N–H and O–H groups in total. The van der Waals surface area contributed by atoms with E-state index in [2.05, 4.69) is 16.9 Å². The highest BCUT2D eigenvalue weighted by atomic mass is 32.1. The summed E-state index contributed by atoms with van der Waals surface area (Å²) in [4.78, 5) is 39.0. The van der Waals surface area contributed by atoms with Gasteiger partial charge in [-0.3, -0.25) is 14.2 Å². The van der Waals surface area contributed by atoms with Crippen LogP contribution in [-0.4, -0.2) is 22.0 Å². The maximum Gasteiger partial charge on any atom is 0.329 e. The molecule has 122 valence electrons. The molecule has 0 saturated heterocycles. The van der Waals surface area contributed by atoms with Gasteiger partial charge in [0.1, 0.15) is 4.70 Å². The molecule has 1 aromatic carbocycles. The van der Waals surface area contributed by atoms with Crippen LogP contribution in [0.4, 0.5) is 0 Å². The molecule has 0 unspecified atom stereocenters. The van der Waals surface area contributed by atoms with Crippen LogP contribution in [-0.2, 0) is 6.54 Å². The van der Waals surface area contributed by atoms with Crippen LogP contribution in [0.5, 0.6) is 0 Å². The van der Waals surface area contributed by atoms with Gasteiger partial charge in [-0.15, -0.1) is 17.9 Å². The summed E-state index contributed by atoms with van der Waals surface area (Å²) in [5.41, 5.74) is 1.07. The quantitative estimate of drug-likeness (QED) is 0.693. The van der Waals surface area contributed by atoms with Crippen molar-refractivity contribution in [2.24, 2.45) is 0 Å². The maximum atomic E-state index is 12.4. The number of carbonyl (C=O) groups is 1. The molecule has 6 nitrogen and oxygen atoms in total. The zero-order chi connectivity index (χ0) is 17.1. The number of nitrogens with one attached hydrogen (secondary N) is 2. The molecule has 3 rings (SSSR count). The number of aromatic amines is 1. The monoisotopic (exact) mass is 341 g/mol. The number of aromatic nitrogens is 2. The maximum absolute atomic E-state index is 12.4. The second kappa shape index (κ2) is 6.67. The molecular weight excluding hydrogens is 326 g/mol. The highest BCUT2D eigenvalue weighted by Crippen LogP contribution is 2.12. The summed E-state index contributed by atoms with van der Waals surface area (Å²) in [5.74, 6) is -0.198. The van der Waals surface area contributed by atoms with E-state index >= 15 is 0 Å². The van der Waals surface area contributed by atoms with Crippen molar-refractivity contribution < 1.29 is 4.79 Å². The first-order valence-corrected chi connectivity index (χ1v) is 8.16. The third-order valence-corrected chi connectivity index (χ3v) is 4.46. The van der Waals surface area contributed by atoms with E-state index < -0.39 is 5.69 Å². The summed E-state index contributed by atoms with van der Waals surface area (Å²) in [7, 11) is 0. The molecule has 0 spiro atoms. The Morgan fingerprint density at radius 3 is 2.71 bits per heavy atom. The standard InChI is InChI=1S/C17H15N3O3S/c1-2-8-18-15(21)12-5-3-11(4-6-12)10-20-16(22)14-13(7-9-24-14)19-17(20)23/h2-7,9H,1,8,10H2,(H,18,21)(H,19,23). The minimum Gasteiger partial charge on any atom is -0.349 e. The van der Waals surface area contributed by atoms with Gasteiger partial charge in [0.15, 0.2) is 0 Å². The van der Waals surface area contributed by atoms with Gasteiger partial charge in [0.25, 0.3) is 11.5 Å². The molecular formula is C17H15N3O3S. The fourth-order valence-electron chi connectivity index (χ4n) is 2.33. The third kappa shape index (κ3) is 3.07. The lowest BCUT2D eigenvalue weighted by molar-refractivity contribution is 0.0958. The summed E-state index contributed by atoms with van der Waals surface area (Å²) in [6, 6.07) is 8.50. The number of carbonyl (C=O) groups excluding carboxylic acids is 1. The van der Waals surface area contributed by atoms with Gasteiger partial charge >= 0.3 is 5.69 Å². The van der Waals surface area contributed by atoms with E-state index in [0.717, 1.165) is 10.1 Å². The van der Waals surface area contributed by atoms with Gasteiger partial charge in [-0.2, -0.15) is 0 Å². The van der Waals surface area contributed by atoms with Crippen LogP contribution in [0.3, 0.4) is 0 Å². The van der Waals surface area contributed by atoms with E-state index in [9.17, 15) is 14.4 Å². The molecule has 3 aromatic rings. The van der Waals surface area contributed by atoms with Crippen LogP contribution in [0.25, 0.3) is 10.2 Å². The number of rotatable bonds is 5. The first-order chi connectivity index (χ1) is 11.6. The van der Waals surface area contributed by atoms with Crippen molar-refractivity contribution in [1.82, 2.24) is 14.9 Å². The minimum atomic E-state index is -0.446. The lowest BCUT2D eigenvalue weighted by Crippen LogP contribution is -2.34. The van der Waals surface area contributed by atoms with E-state index in [1.807, 2.05) is 0 Å². The average molecular weight is 341 g/mol. The van der Waals surface area contributed by atoms with Gasteiger partial charge in [-0.1, -0.05) is 18.2 Å². The largest absolute Gasteiger partial charge is 0.349 e. The van der Waals surface area contributed by atoms with Crippen LogP contribution in [0.2, 0.25) is 0 Å². The zero-order valence-corrected chi connectivity index (χ0v) is 13.6. The van der Waals surface area contributed by atoms with Crippen LogP contribution < -0.4 is 16.6 Å². The molecule has 0 saturated carbocycles. The van der Waals surface area contributed by atoms with Crippen molar-refractivity contribution in [3.63, 3.8) is 0 Å². The Hall–Kier alpha value is -2.93. The number of nitrogens with zero attached hydrogens (tertiary/aromatic N) is 1.